The molecule has 0 aromatic carbocycles. The Morgan fingerprint density at radius 1 is 1.39 bits per heavy atom. The number of aryl methyl sites for hydroxylation is 1. The predicted molar refractivity (Wildman–Crippen MR) is 73.8 cm³/mol. The van der Waals surface area contributed by atoms with Crippen molar-refractivity contribution in [3.8, 4) is 0 Å². The van der Waals surface area contributed by atoms with Crippen molar-refractivity contribution in [3.63, 3.8) is 0 Å². The molecule has 0 bridgehead atoms. The minimum Gasteiger partial charge on any atom is -0.416 e. The molecule has 2 unspecified atom stereocenters. The van der Waals surface area contributed by atoms with Crippen LogP contribution in [0, 0.1) is 12.8 Å². The van der Waals surface area contributed by atoms with Gasteiger partial charge in [-0.2, -0.15) is 0 Å². The average molecular weight is 269 g/mol. The van der Waals surface area contributed by atoms with Crippen LogP contribution in [0.15, 0.2) is 9.64 Å². The highest BCUT2D eigenvalue weighted by Gasteiger charge is 2.26. The maximum absolute atomic E-state index is 5.37. The normalized spacial score (nSPS) is 23.7. The fourth-order valence-corrected chi connectivity index (χ4v) is 3.49. The van der Waals surface area contributed by atoms with Crippen molar-refractivity contribution in [2.24, 2.45) is 5.92 Å². The van der Waals surface area contributed by atoms with Crippen molar-refractivity contribution in [3.05, 3.63) is 5.89 Å². The molecule has 1 aromatic heterocycles. The van der Waals surface area contributed by atoms with Gasteiger partial charge in [0.2, 0.25) is 5.89 Å². The first kappa shape index (κ1) is 13.9. The Balaban J connectivity index is 1.69. The van der Waals surface area contributed by atoms with Gasteiger partial charge < -0.3 is 9.73 Å². The number of aromatic nitrogens is 2. The number of nitrogens with one attached hydrogen (secondary N) is 1. The maximum atomic E-state index is 5.37. The van der Waals surface area contributed by atoms with E-state index in [0.717, 1.165) is 24.3 Å². The van der Waals surface area contributed by atoms with E-state index in [2.05, 4.69) is 22.4 Å². The van der Waals surface area contributed by atoms with E-state index in [4.69, 9.17) is 4.42 Å². The van der Waals surface area contributed by atoms with E-state index in [0.29, 0.717) is 11.1 Å². The van der Waals surface area contributed by atoms with Crippen molar-refractivity contribution in [2.45, 2.75) is 57.2 Å². The predicted octanol–water partition coefficient (Wildman–Crippen LogP) is 3.03. The molecule has 1 saturated carbocycles. The Hall–Kier alpha value is -0.550. The monoisotopic (exact) mass is 269 g/mol. The molecule has 1 fully saturated rings. The second-order valence-corrected chi connectivity index (χ2v) is 6.02. The zero-order valence-corrected chi connectivity index (χ0v) is 12.1. The molecule has 0 aliphatic heterocycles. The largest absolute Gasteiger partial charge is 0.416 e. The van der Waals surface area contributed by atoms with Crippen molar-refractivity contribution in [1.82, 2.24) is 15.5 Å². The van der Waals surface area contributed by atoms with Crippen LogP contribution >= 0.6 is 11.8 Å². The number of hydrogen-bond donors (Lipinski definition) is 1. The first-order chi connectivity index (χ1) is 8.79. The molecule has 5 heteroatoms. The molecule has 1 aliphatic carbocycles. The molecule has 102 valence electrons. The SMILES string of the molecule is CCCNC1CCCC1CCSc1nnc(C)o1. The number of thioether (sulfide) groups is 1. The Morgan fingerprint density at radius 3 is 3.00 bits per heavy atom. The van der Waals surface area contributed by atoms with E-state index in [-0.39, 0.29) is 0 Å². The molecule has 0 saturated heterocycles. The van der Waals surface area contributed by atoms with Crippen LogP contribution in [0.3, 0.4) is 0 Å². The van der Waals surface area contributed by atoms with Gasteiger partial charge in [-0.15, -0.1) is 10.2 Å². The van der Waals surface area contributed by atoms with Crippen molar-refractivity contribution >= 4 is 11.8 Å². The first-order valence-electron chi connectivity index (χ1n) is 6.96. The van der Waals surface area contributed by atoms with Gasteiger partial charge in [-0.25, -0.2) is 0 Å². The molecular weight excluding hydrogens is 246 g/mol. The van der Waals surface area contributed by atoms with Crippen LogP contribution in [0.2, 0.25) is 0 Å². The average Bonchev–Trinajstić information content (AvgIpc) is 2.96. The van der Waals surface area contributed by atoms with Gasteiger partial charge in [-0.05, 0) is 38.1 Å². The Kier molecular flexibility index (Phi) is 5.50. The highest BCUT2D eigenvalue weighted by Crippen LogP contribution is 2.30. The molecule has 4 nitrogen and oxygen atoms in total. The fraction of sp³-hybridized carbons (Fsp3) is 0.846. The van der Waals surface area contributed by atoms with E-state index in [1.54, 1.807) is 11.8 Å². The van der Waals surface area contributed by atoms with E-state index in [1.807, 2.05) is 6.92 Å². The van der Waals surface area contributed by atoms with Crippen LogP contribution in [0.25, 0.3) is 0 Å². The molecule has 1 aliphatic rings. The highest BCUT2D eigenvalue weighted by molar-refractivity contribution is 7.99. The van der Waals surface area contributed by atoms with Gasteiger partial charge in [0.05, 0.1) is 0 Å². The minimum atomic E-state index is 0.654. The molecule has 1 heterocycles. The van der Waals surface area contributed by atoms with Crippen LogP contribution < -0.4 is 5.32 Å². The van der Waals surface area contributed by atoms with Gasteiger partial charge in [0.15, 0.2) is 0 Å². The molecule has 0 radical (unpaired) electrons. The van der Waals surface area contributed by atoms with Crippen LogP contribution in [-0.4, -0.2) is 28.5 Å². The zero-order chi connectivity index (χ0) is 12.8. The molecule has 1 aromatic rings. The van der Waals surface area contributed by atoms with Gasteiger partial charge in [0.1, 0.15) is 0 Å². The van der Waals surface area contributed by atoms with Gasteiger partial charge >= 0.3 is 0 Å². The van der Waals surface area contributed by atoms with Crippen molar-refractivity contribution in [1.29, 1.82) is 0 Å². The standard InChI is InChI=1S/C13H23N3OS/c1-3-8-14-12-6-4-5-11(12)7-9-18-13-16-15-10(2)17-13/h11-12,14H,3-9H2,1-2H3. The van der Waals surface area contributed by atoms with E-state index in [1.165, 1.54) is 32.1 Å². The van der Waals surface area contributed by atoms with Crippen LogP contribution in [0.4, 0.5) is 0 Å². The van der Waals surface area contributed by atoms with Crippen molar-refractivity contribution < 1.29 is 4.42 Å². The highest BCUT2D eigenvalue weighted by atomic mass is 32.2. The van der Waals surface area contributed by atoms with Crippen LogP contribution in [0.1, 0.15) is 44.9 Å². The summed E-state index contributed by atoms with van der Waals surface area (Å²) < 4.78 is 5.37. The lowest BCUT2D eigenvalue weighted by Crippen LogP contribution is -2.33. The van der Waals surface area contributed by atoms with Gasteiger partial charge in [-0.3, -0.25) is 0 Å². The summed E-state index contributed by atoms with van der Waals surface area (Å²) in [6, 6.07) is 0.731. The molecule has 2 atom stereocenters. The third-order valence-corrected chi connectivity index (χ3v) is 4.39. The number of hydrogen-bond acceptors (Lipinski definition) is 5. The third-order valence-electron chi connectivity index (χ3n) is 3.54. The van der Waals surface area contributed by atoms with E-state index >= 15 is 0 Å². The quantitative estimate of drug-likeness (QED) is 0.771. The smallest absolute Gasteiger partial charge is 0.276 e. The minimum absolute atomic E-state index is 0.654. The summed E-state index contributed by atoms with van der Waals surface area (Å²) in [6.45, 7) is 5.21. The molecule has 1 N–H and O–H groups in total. The van der Waals surface area contributed by atoms with Crippen molar-refractivity contribution in [2.75, 3.05) is 12.3 Å². The lowest BCUT2D eigenvalue weighted by molar-refractivity contribution is 0.392. The third kappa shape index (κ3) is 3.99. The molecule has 0 amide bonds. The summed E-state index contributed by atoms with van der Waals surface area (Å²) in [5.74, 6) is 2.56. The van der Waals surface area contributed by atoms with E-state index in [9.17, 15) is 0 Å². The molecule has 2 rings (SSSR count). The Morgan fingerprint density at radius 2 is 2.28 bits per heavy atom. The van der Waals surface area contributed by atoms with Crippen LogP contribution in [0.5, 0.6) is 0 Å². The second kappa shape index (κ2) is 7.14. The summed E-state index contributed by atoms with van der Waals surface area (Å²) >= 11 is 1.69. The molecular formula is C13H23N3OS. The molecule has 18 heavy (non-hydrogen) atoms. The Bertz CT molecular complexity index is 356. The summed E-state index contributed by atoms with van der Waals surface area (Å²) in [6.07, 6.45) is 6.54. The maximum Gasteiger partial charge on any atom is 0.276 e. The lowest BCUT2D eigenvalue weighted by atomic mass is 10.0. The first-order valence-corrected chi connectivity index (χ1v) is 7.94. The second-order valence-electron chi connectivity index (χ2n) is 4.98. The van der Waals surface area contributed by atoms with Gasteiger partial charge in [0, 0.05) is 18.7 Å². The number of rotatable bonds is 7. The molecule has 0 spiro atoms. The summed E-state index contributed by atoms with van der Waals surface area (Å²) in [5.41, 5.74) is 0. The van der Waals surface area contributed by atoms with E-state index < -0.39 is 0 Å². The topological polar surface area (TPSA) is 51.0 Å². The summed E-state index contributed by atoms with van der Waals surface area (Å²) in [7, 11) is 0. The lowest BCUT2D eigenvalue weighted by Gasteiger charge is -2.20. The zero-order valence-electron chi connectivity index (χ0n) is 11.3. The van der Waals surface area contributed by atoms with Gasteiger partial charge in [-0.1, -0.05) is 25.1 Å². The number of nitrogens with zero attached hydrogens (tertiary/aromatic N) is 2. The summed E-state index contributed by atoms with van der Waals surface area (Å²) in [5, 5.41) is 12.2. The van der Waals surface area contributed by atoms with Crippen LogP contribution in [-0.2, 0) is 0 Å². The Labute approximate surface area is 113 Å². The van der Waals surface area contributed by atoms with Gasteiger partial charge in [0.25, 0.3) is 5.22 Å². The fourth-order valence-electron chi connectivity index (χ4n) is 2.62. The summed E-state index contributed by atoms with van der Waals surface area (Å²) in [4.78, 5) is 0.